The van der Waals surface area contributed by atoms with E-state index in [2.05, 4.69) is 9.47 Å². The van der Waals surface area contributed by atoms with Crippen molar-refractivity contribution in [2.24, 2.45) is 0 Å². The SMILES string of the molecule is CC1(C)O[C@@H](C(O)(c2ccccc2)c2ccccc2)[C@H](C(O)(c2ccccc2)c2ccccc2)O1.COCCOC.[Cl][Ti][Cl]. The van der Waals surface area contributed by atoms with E-state index in [1.165, 1.54) is 0 Å². The Bertz CT molecular complexity index is 1170. The topological polar surface area (TPSA) is 77.4 Å². The summed E-state index contributed by atoms with van der Waals surface area (Å²) in [4.78, 5) is 0. The molecule has 0 aromatic heterocycles. The molecular formula is C35H40Cl2O6Ti. The van der Waals surface area contributed by atoms with E-state index in [-0.39, 0.29) is 0 Å². The fourth-order valence-electron chi connectivity index (χ4n) is 5.30. The summed E-state index contributed by atoms with van der Waals surface area (Å²) in [6.07, 6.45) is -1.87. The predicted molar refractivity (Wildman–Crippen MR) is 171 cm³/mol. The Morgan fingerprint density at radius 3 is 1.02 bits per heavy atom. The molecule has 1 aliphatic heterocycles. The van der Waals surface area contributed by atoms with E-state index in [4.69, 9.17) is 28.1 Å². The molecule has 1 saturated heterocycles. The van der Waals surface area contributed by atoms with E-state index in [0.29, 0.717) is 35.5 Å². The van der Waals surface area contributed by atoms with Gasteiger partial charge in [0.2, 0.25) is 0 Å². The van der Waals surface area contributed by atoms with E-state index in [9.17, 15) is 10.2 Å². The molecule has 234 valence electrons. The first-order valence-electron chi connectivity index (χ1n) is 14.2. The van der Waals surface area contributed by atoms with Crippen LogP contribution >= 0.6 is 18.6 Å². The zero-order valence-electron chi connectivity index (χ0n) is 25.4. The van der Waals surface area contributed by atoms with Crippen molar-refractivity contribution in [1.29, 1.82) is 0 Å². The minimum absolute atomic E-state index is 0.556. The maximum absolute atomic E-state index is 12.6. The molecule has 0 amide bonds. The zero-order chi connectivity index (χ0) is 32.1. The normalized spacial score (nSPS) is 17.5. The molecule has 44 heavy (non-hydrogen) atoms. The molecule has 4 aromatic carbocycles. The van der Waals surface area contributed by atoms with Crippen molar-refractivity contribution in [2.45, 2.75) is 43.0 Å². The Labute approximate surface area is 277 Å². The number of halogens is 2. The molecule has 2 atom stereocenters. The van der Waals surface area contributed by atoms with Crippen molar-refractivity contribution >= 4 is 18.6 Å². The van der Waals surface area contributed by atoms with Gasteiger partial charge in [-0.05, 0) is 36.1 Å². The van der Waals surface area contributed by atoms with Crippen molar-refractivity contribution < 1.29 is 46.2 Å². The molecule has 0 saturated carbocycles. The summed E-state index contributed by atoms with van der Waals surface area (Å²) in [5.41, 5.74) is -0.564. The average molecular weight is 675 g/mol. The zero-order valence-corrected chi connectivity index (χ0v) is 28.5. The molecule has 1 aliphatic rings. The third-order valence-corrected chi connectivity index (χ3v) is 7.27. The Hall–Kier alpha value is -2.07. The van der Waals surface area contributed by atoms with Gasteiger partial charge in [-0.15, -0.1) is 0 Å². The molecule has 6 nitrogen and oxygen atoms in total. The summed E-state index contributed by atoms with van der Waals surface area (Å²) in [7, 11) is 13.1. The minimum atomic E-state index is -1.60. The van der Waals surface area contributed by atoms with Crippen molar-refractivity contribution in [2.75, 3.05) is 27.4 Å². The first-order chi connectivity index (χ1) is 21.2. The maximum atomic E-state index is 12.6. The Kier molecular flexibility index (Phi) is 14.5. The first kappa shape index (κ1) is 36.4. The molecule has 1 heterocycles. The number of methoxy groups -OCH3 is 2. The van der Waals surface area contributed by atoms with Gasteiger partial charge in [0.15, 0.2) is 5.79 Å². The van der Waals surface area contributed by atoms with Crippen LogP contribution in [0.5, 0.6) is 0 Å². The monoisotopic (exact) mass is 674 g/mol. The van der Waals surface area contributed by atoms with E-state index < -0.39 is 46.2 Å². The van der Waals surface area contributed by atoms with Crippen molar-refractivity contribution in [3.8, 4) is 0 Å². The van der Waals surface area contributed by atoms with Crippen LogP contribution in [-0.2, 0) is 47.2 Å². The molecule has 0 radical (unpaired) electrons. The van der Waals surface area contributed by atoms with Gasteiger partial charge >= 0.3 is 35.6 Å². The van der Waals surface area contributed by atoms with Gasteiger partial charge in [-0.1, -0.05) is 121 Å². The predicted octanol–water partition coefficient (Wildman–Crippen LogP) is 7.03. The second kappa shape index (κ2) is 17.6. The van der Waals surface area contributed by atoms with Gasteiger partial charge in [0.1, 0.15) is 23.4 Å². The van der Waals surface area contributed by atoms with E-state index in [0.717, 1.165) is 0 Å². The number of hydrogen-bond donors (Lipinski definition) is 2. The molecule has 0 unspecified atom stereocenters. The second-order valence-corrected chi connectivity index (χ2v) is 13.1. The Balaban J connectivity index is 0.000000519. The number of aliphatic hydroxyl groups is 2. The van der Waals surface area contributed by atoms with E-state index in [1.54, 1.807) is 14.2 Å². The van der Waals surface area contributed by atoms with Crippen LogP contribution in [0.25, 0.3) is 0 Å². The first-order valence-corrected chi connectivity index (χ1v) is 18.4. The van der Waals surface area contributed by atoms with Gasteiger partial charge in [0, 0.05) is 14.2 Å². The third kappa shape index (κ3) is 8.80. The van der Waals surface area contributed by atoms with Gasteiger partial charge in [-0.3, -0.25) is 0 Å². The van der Waals surface area contributed by atoms with Gasteiger partial charge in [0.05, 0.1) is 13.2 Å². The average Bonchev–Trinajstić information content (AvgIpc) is 3.41. The van der Waals surface area contributed by atoms with Gasteiger partial charge < -0.3 is 29.2 Å². The Morgan fingerprint density at radius 1 is 0.591 bits per heavy atom. The summed E-state index contributed by atoms with van der Waals surface area (Å²) < 4.78 is 22.3. The van der Waals surface area contributed by atoms with Gasteiger partial charge in [0.25, 0.3) is 0 Å². The summed E-state index contributed by atoms with van der Waals surface area (Å²) >= 11 is -0.556. The van der Waals surface area contributed by atoms with E-state index >= 15 is 0 Å². The van der Waals surface area contributed by atoms with Crippen LogP contribution in [0.15, 0.2) is 121 Å². The number of benzene rings is 4. The molecule has 0 aliphatic carbocycles. The number of rotatable bonds is 9. The van der Waals surface area contributed by atoms with Crippen molar-refractivity contribution in [3.05, 3.63) is 144 Å². The third-order valence-electron chi connectivity index (χ3n) is 7.27. The fourth-order valence-corrected chi connectivity index (χ4v) is 5.30. The molecule has 1 fully saturated rings. The summed E-state index contributed by atoms with van der Waals surface area (Å²) in [5.74, 6) is -1.05. The molecule has 0 bridgehead atoms. The second-order valence-electron chi connectivity index (χ2n) is 10.5. The van der Waals surface area contributed by atoms with Crippen LogP contribution in [0.3, 0.4) is 0 Å². The molecule has 9 heteroatoms. The van der Waals surface area contributed by atoms with Crippen LogP contribution in [0.2, 0.25) is 0 Å². The van der Waals surface area contributed by atoms with E-state index in [1.807, 2.05) is 135 Å². The number of ether oxygens (including phenoxy) is 4. The Morgan fingerprint density at radius 2 is 0.818 bits per heavy atom. The van der Waals surface area contributed by atoms with Crippen LogP contribution in [0, 0.1) is 0 Å². The fraction of sp³-hybridized carbons (Fsp3) is 0.314. The summed E-state index contributed by atoms with van der Waals surface area (Å²) in [6.45, 7) is 5.01. The van der Waals surface area contributed by atoms with Gasteiger partial charge in [-0.25, -0.2) is 0 Å². The molecule has 5 rings (SSSR count). The number of hydrogen-bond acceptors (Lipinski definition) is 6. The summed E-state index contributed by atoms with van der Waals surface area (Å²) in [5, 5.41) is 25.2. The molecule has 0 spiro atoms. The van der Waals surface area contributed by atoms with Crippen LogP contribution < -0.4 is 0 Å². The quantitative estimate of drug-likeness (QED) is 0.147. The van der Waals surface area contributed by atoms with Crippen molar-refractivity contribution in [3.63, 3.8) is 0 Å². The molecule has 4 aromatic rings. The standard InChI is InChI=1S/C31H30O4.C4H10O2.2ClH.Ti/c1-29(2)34-27(30(32,23-15-7-3-8-16-23)24-17-9-4-10-18-24)28(35-29)31(33,25-19-11-5-12-20-25)26-21-13-6-14-22-26;1-5-3-4-6-2;;;/h3-22,27-28,32-33H,1-2H3;3-4H2,1-2H3;2*1H;/q;;;;+2/p-2/t27-,28-;;;;/m1..../s1. The van der Waals surface area contributed by atoms with Crippen LogP contribution in [0.4, 0.5) is 0 Å². The van der Waals surface area contributed by atoms with Gasteiger partial charge in [-0.2, -0.15) is 0 Å². The van der Waals surface area contributed by atoms with Crippen molar-refractivity contribution in [1.82, 2.24) is 0 Å². The molecule has 2 N–H and O–H groups in total. The summed E-state index contributed by atoms with van der Waals surface area (Å²) in [6, 6.07) is 37.8. The van der Waals surface area contributed by atoms with Crippen LogP contribution in [-0.4, -0.2) is 55.6 Å². The van der Waals surface area contributed by atoms with Crippen LogP contribution in [0.1, 0.15) is 36.1 Å². The molecular weight excluding hydrogens is 635 g/mol.